The summed E-state index contributed by atoms with van der Waals surface area (Å²) in [5, 5.41) is 4.03. The molecule has 0 saturated carbocycles. The van der Waals surface area contributed by atoms with E-state index in [4.69, 9.17) is 0 Å². The summed E-state index contributed by atoms with van der Waals surface area (Å²) in [6, 6.07) is 26.6. The molecule has 2 N–H and O–H groups in total. The number of para-hydroxylation sites is 2. The molecule has 5 nitrogen and oxygen atoms in total. The predicted octanol–water partition coefficient (Wildman–Crippen LogP) is 4.49. The maximum Gasteiger partial charge on any atom is 0.249 e. The van der Waals surface area contributed by atoms with Gasteiger partial charge in [0.25, 0.3) is 0 Å². The SMILES string of the molecule is CCN(C(=O)[C@H](Cc1ccccc1)NC(=O)Cc1c[nH]c2ccccc12)c1ccccc1. The van der Waals surface area contributed by atoms with Gasteiger partial charge in [0.1, 0.15) is 6.04 Å². The molecule has 0 fully saturated rings. The van der Waals surface area contributed by atoms with E-state index in [1.165, 1.54) is 0 Å². The van der Waals surface area contributed by atoms with E-state index in [0.29, 0.717) is 13.0 Å². The van der Waals surface area contributed by atoms with Crippen LogP contribution in [0, 0.1) is 0 Å². The zero-order valence-electron chi connectivity index (χ0n) is 18.1. The summed E-state index contributed by atoms with van der Waals surface area (Å²) in [6.07, 6.45) is 2.50. The number of nitrogens with one attached hydrogen (secondary N) is 2. The normalized spacial score (nSPS) is 11.8. The van der Waals surface area contributed by atoms with Crippen LogP contribution in [-0.2, 0) is 22.4 Å². The van der Waals surface area contributed by atoms with E-state index >= 15 is 0 Å². The van der Waals surface area contributed by atoms with Crippen molar-refractivity contribution in [2.45, 2.75) is 25.8 Å². The highest BCUT2D eigenvalue weighted by Crippen LogP contribution is 2.19. The number of likely N-dealkylation sites (N-methyl/N-ethyl adjacent to an activating group) is 1. The van der Waals surface area contributed by atoms with Crippen LogP contribution in [0.15, 0.2) is 91.1 Å². The number of rotatable bonds is 8. The van der Waals surface area contributed by atoms with E-state index in [1.54, 1.807) is 4.90 Å². The monoisotopic (exact) mass is 425 g/mol. The summed E-state index contributed by atoms with van der Waals surface area (Å²) in [5.74, 6) is -0.289. The lowest BCUT2D eigenvalue weighted by Gasteiger charge is -2.27. The summed E-state index contributed by atoms with van der Waals surface area (Å²) in [5.41, 5.74) is 3.74. The van der Waals surface area contributed by atoms with Crippen LogP contribution in [0.5, 0.6) is 0 Å². The number of benzene rings is 3. The fourth-order valence-electron chi connectivity index (χ4n) is 4.01. The average molecular weight is 426 g/mol. The van der Waals surface area contributed by atoms with Crippen LogP contribution in [0.1, 0.15) is 18.1 Å². The summed E-state index contributed by atoms with van der Waals surface area (Å²) >= 11 is 0. The number of aromatic amines is 1. The number of hydrogen-bond donors (Lipinski definition) is 2. The molecule has 32 heavy (non-hydrogen) atoms. The van der Waals surface area contributed by atoms with Crippen LogP contribution in [0.4, 0.5) is 5.69 Å². The highest BCUT2D eigenvalue weighted by atomic mass is 16.2. The Hall–Kier alpha value is -3.86. The van der Waals surface area contributed by atoms with Gasteiger partial charge in [0.2, 0.25) is 11.8 Å². The summed E-state index contributed by atoms with van der Waals surface area (Å²) in [7, 11) is 0. The van der Waals surface area contributed by atoms with Crippen molar-refractivity contribution in [3.05, 3.63) is 102 Å². The lowest BCUT2D eigenvalue weighted by atomic mass is 10.0. The maximum absolute atomic E-state index is 13.5. The Bertz CT molecular complexity index is 1190. The third kappa shape index (κ3) is 4.89. The first-order chi connectivity index (χ1) is 15.7. The molecular formula is C27H27N3O2. The summed E-state index contributed by atoms with van der Waals surface area (Å²) < 4.78 is 0. The first kappa shape index (κ1) is 21.4. The van der Waals surface area contributed by atoms with E-state index in [0.717, 1.165) is 27.7 Å². The molecule has 0 bridgehead atoms. The van der Waals surface area contributed by atoms with Crippen molar-refractivity contribution in [1.29, 1.82) is 0 Å². The van der Waals surface area contributed by atoms with Crippen LogP contribution in [0.3, 0.4) is 0 Å². The van der Waals surface area contributed by atoms with Gasteiger partial charge >= 0.3 is 0 Å². The maximum atomic E-state index is 13.5. The quantitative estimate of drug-likeness (QED) is 0.437. The van der Waals surface area contributed by atoms with E-state index in [-0.39, 0.29) is 18.2 Å². The van der Waals surface area contributed by atoms with Gasteiger partial charge in [-0.3, -0.25) is 9.59 Å². The molecule has 0 spiro atoms. The van der Waals surface area contributed by atoms with Gasteiger partial charge in [0.05, 0.1) is 6.42 Å². The molecule has 4 rings (SSSR count). The third-order valence-corrected chi connectivity index (χ3v) is 5.59. The molecule has 1 heterocycles. The number of amides is 2. The molecule has 2 amide bonds. The van der Waals surface area contributed by atoms with E-state index < -0.39 is 6.04 Å². The van der Waals surface area contributed by atoms with Crippen LogP contribution < -0.4 is 10.2 Å². The van der Waals surface area contributed by atoms with Gasteiger partial charge in [-0.25, -0.2) is 0 Å². The average Bonchev–Trinajstić information content (AvgIpc) is 3.23. The fourth-order valence-corrected chi connectivity index (χ4v) is 4.01. The van der Waals surface area contributed by atoms with Crippen molar-refractivity contribution in [3.8, 4) is 0 Å². The smallest absolute Gasteiger partial charge is 0.249 e. The van der Waals surface area contributed by atoms with E-state index in [1.807, 2.05) is 98.0 Å². The van der Waals surface area contributed by atoms with Crippen LogP contribution >= 0.6 is 0 Å². The van der Waals surface area contributed by atoms with Gasteiger partial charge < -0.3 is 15.2 Å². The molecule has 3 aromatic carbocycles. The van der Waals surface area contributed by atoms with Gasteiger partial charge in [-0.05, 0) is 36.2 Å². The number of aromatic nitrogens is 1. The second-order valence-corrected chi connectivity index (χ2v) is 7.76. The highest BCUT2D eigenvalue weighted by molar-refractivity contribution is 6.00. The zero-order valence-corrected chi connectivity index (χ0v) is 18.1. The van der Waals surface area contributed by atoms with E-state index in [2.05, 4.69) is 10.3 Å². The number of carbonyl (C=O) groups excluding carboxylic acids is 2. The Labute approximate surface area is 188 Å². The van der Waals surface area contributed by atoms with Crippen molar-refractivity contribution in [3.63, 3.8) is 0 Å². The van der Waals surface area contributed by atoms with E-state index in [9.17, 15) is 9.59 Å². The molecule has 0 aliphatic rings. The second kappa shape index (κ2) is 9.96. The zero-order chi connectivity index (χ0) is 22.3. The molecule has 1 aromatic heterocycles. The molecule has 0 radical (unpaired) electrons. The minimum Gasteiger partial charge on any atom is -0.361 e. The number of nitrogens with zero attached hydrogens (tertiary/aromatic N) is 1. The van der Waals surface area contributed by atoms with Gasteiger partial charge in [-0.15, -0.1) is 0 Å². The highest BCUT2D eigenvalue weighted by Gasteiger charge is 2.26. The van der Waals surface area contributed by atoms with Gasteiger partial charge in [0.15, 0.2) is 0 Å². The van der Waals surface area contributed by atoms with Gasteiger partial charge in [-0.2, -0.15) is 0 Å². The lowest BCUT2D eigenvalue weighted by Crippen LogP contribution is -2.50. The minimum absolute atomic E-state index is 0.116. The minimum atomic E-state index is -0.657. The number of hydrogen-bond acceptors (Lipinski definition) is 2. The number of H-pyrrole nitrogens is 1. The molecule has 4 aromatic rings. The van der Waals surface area contributed by atoms with Crippen molar-refractivity contribution < 1.29 is 9.59 Å². The van der Waals surface area contributed by atoms with Crippen LogP contribution in [0.2, 0.25) is 0 Å². The Morgan fingerprint density at radius 3 is 2.28 bits per heavy atom. The molecular weight excluding hydrogens is 398 g/mol. The van der Waals surface area contributed by atoms with Gasteiger partial charge in [0, 0.05) is 35.8 Å². The third-order valence-electron chi connectivity index (χ3n) is 5.59. The molecule has 162 valence electrons. The topological polar surface area (TPSA) is 65.2 Å². The Balaban J connectivity index is 1.56. The largest absolute Gasteiger partial charge is 0.361 e. The van der Waals surface area contributed by atoms with Crippen molar-refractivity contribution in [2.24, 2.45) is 0 Å². The van der Waals surface area contributed by atoms with Crippen LogP contribution in [-0.4, -0.2) is 29.4 Å². The fraction of sp³-hybridized carbons (Fsp3) is 0.185. The first-order valence-electron chi connectivity index (χ1n) is 10.9. The van der Waals surface area contributed by atoms with Crippen LogP contribution in [0.25, 0.3) is 10.9 Å². The lowest BCUT2D eigenvalue weighted by molar-refractivity contribution is -0.127. The number of fused-ring (bicyclic) bond motifs is 1. The van der Waals surface area contributed by atoms with Gasteiger partial charge in [-0.1, -0.05) is 66.7 Å². The first-order valence-corrected chi connectivity index (χ1v) is 10.9. The van der Waals surface area contributed by atoms with Crippen molar-refractivity contribution in [1.82, 2.24) is 10.3 Å². The Morgan fingerprint density at radius 2 is 1.56 bits per heavy atom. The standard InChI is InChI=1S/C27H27N3O2/c1-2-30(22-13-7-4-8-14-22)27(32)25(17-20-11-5-3-6-12-20)29-26(31)18-21-19-28-24-16-10-9-15-23(21)24/h3-16,19,25,28H,2,17-18H2,1H3,(H,29,31)/t25-/m0/s1. The molecule has 5 heteroatoms. The molecule has 0 aliphatic heterocycles. The summed E-state index contributed by atoms with van der Waals surface area (Å²) in [6.45, 7) is 2.46. The molecule has 0 aliphatic carbocycles. The number of anilines is 1. The summed E-state index contributed by atoms with van der Waals surface area (Å²) in [4.78, 5) is 31.5. The van der Waals surface area contributed by atoms with Crippen molar-refractivity contribution in [2.75, 3.05) is 11.4 Å². The predicted molar refractivity (Wildman–Crippen MR) is 129 cm³/mol. The number of carbonyl (C=O) groups is 2. The molecule has 1 atom stereocenters. The van der Waals surface area contributed by atoms with Crippen molar-refractivity contribution >= 4 is 28.4 Å². The second-order valence-electron chi connectivity index (χ2n) is 7.76. The molecule has 0 saturated heterocycles. The Kier molecular flexibility index (Phi) is 6.66. The molecule has 0 unspecified atom stereocenters. The Morgan fingerprint density at radius 1 is 0.906 bits per heavy atom.